The molecule has 0 aliphatic heterocycles. The number of fused-ring (bicyclic) bond motifs is 1. The summed E-state index contributed by atoms with van der Waals surface area (Å²) in [5, 5.41) is 1.62. The second-order valence-corrected chi connectivity index (χ2v) is 5.41. The lowest BCUT2D eigenvalue weighted by molar-refractivity contribution is -0.140. The summed E-state index contributed by atoms with van der Waals surface area (Å²) in [5.74, 6) is -0.172. The highest BCUT2D eigenvalue weighted by Crippen LogP contribution is 2.21. The maximum atomic E-state index is 11.1. The number of esters is 1. The number of nitrogens with zero attached hydrogens (tertiary/aromatic N) is 2. The van der Waals surface area contributed by atoms with Crippen LogP contribution in [-0.4, -0.2) is 36.6 Å². The summed E-state index contributed by atoms with van der Waals surface area (Å²) in [6.07, 6.45) is 1.20. The molecule has 0 bridgehead atoms. The van der Waals surface area contributed by atoms with Crippen molar-refractivity contribution >= 4 is 28.5 Å². The van der Waals surface area contributed by atoms with Crippen LogP contribution in [0, 0.1) is 0 Å². The molecule has 0 saturated carbocycles. The predicted octanol–water partition coefficient (Wildman–Crippen LogP) is 3.27. The van der Waals surface area contributed by atoms with Crippen molar-refractivity contribution in [3.8, 4) is 0 Å². The fourth-order valence-corrected chi connectivity index (χ4v) is 2.42. The monoisotopic (exact) mass is 306 g/mol. The van der Waals surface area contributed by atoms with Crippen LogP contribution in [0.25, 0.3) is 10.9 Å². The van der Waals surface area contributed by atoms with E-state index in [1.165, 1.54) is 7.11 Å². The van der Waals surface area contributed by atoms with Gasteiger partial charge in [-0.2, -0.15) is 0 Å². The van der Waals surface area contributed by atoms with Gasteiger partial charge in [0, 0.05) is 23.9 Å². The normalized spacial score (nSPS) is 11.0. The van der Waals surface area contributed by atoms with Gasteiger partial charge in [-0.25, -0.2) is 4.98 Å². The van der Waals surface area contributed by atoms with E-state index in [1.54, 1.807) is 0 Å². The number of ether oxygens (including phenoxy) is 1. The van der Waals surface area contributed by atoms with Crippen molar-refractivity contribution in [1.29, 1.82) is 0 Å². The minimum atomic E-state index is -0.172. The summed E-state index contributed by atoms with van der Waals surface area (Å²) < 4.78 is 4.63. The fourth-order valence-electron chi connectivity index (χ4n) is 2.21. The molecule has 1 heterocycles. The summed E-state index contributed by atoms with van der Waals surface area (Å²) in [4.78, 5) is 17.6. The number of halogens is 1. The van der Waals surface area contributed by atoms with Gasteiger partial charge in [0.25, 0.3) is 0 Å². The molecule has 0 N–H and O–H groups in total. The number of benzene rings is 1. The molecule has 0 aliphatic rings. The molecule has 0 amide bonds. The summed E-state index contributed by atoms with van der Waals surface area (Å²) in [5.41, 5.74) is 1.90. The van der Waals surface area contributed by atoms with E-state index in [0.29, 0.717) is 18.1 Å². The zero-order chi connectivity index (χ0) is 15.2. The van der Waals surface area contributed by atoms with Crippen LogP contribution in [0.3, 0.4) is 0 Å². The van der Waals surface area contributed by atoms with Gasteiger partial charge in [0.15, 0.2) is 0 Å². The first kappa shape index (κ1) is 15.7. The molecule has 1 aromatic heterocycles. The quantitative estimate of drug-likeness (QED) is 0.607. The lowest BCUT2D eigenvalue weighted by Gasteiger charge is -2.17. The topological polar surface area (TPSA) is 42.4 Å². The molecular formula is C16H19ClN2O2. The molecule has 0 aliphatic carbocycles. The lowest BCUT2D eigenvalue weighted by Crippen LogP contribution is -2.20. The van der Waals surface area contributed by atoms with Crippen LogP contribution in [0.2, 0.25) is 5.15 Å². The molecule has 2 rings (SSSR count). The third kappa shape index (κ3) is 4.41. The predicted molar refractivity (Wildman–Crippen MR) is 84.3 cm³/mol. The molecule has 2 aromatic rings. The molecule has 21 heavy (non-hydrogen) atoms. The minimum absolute atomic E-state index is 0.172. The lowest BCUT2D eigenvalue weighted by atomic mass is 10.1. The maximum Gasteiger partial charge on any atom is 0.305 e. The van der Waals surface area contributed by atoms with Crippen molar-refractivity contribution in [2.24, 2.45) is 0 Å². The van der Waals surface area contributed by atoms with Gasteiger partial charge in [0.2, 0.25) is 0 Å². The summed E-state index contributed by atoms with van der Waals surface area (Å²) in [6.45, 7) is 1.51. The van der Waals surface area contributed by atoms with Crippen molar-refractivity contribution < 1.29 is 9.53 Å². The minimum Gasteiger partial charge on any atom is -0.469 e. The van der Waals surface area contributed by atoms with Crippen LogP contribution in [-0.2, 0) is 16.1 Å². The standard InChI is InChI=1S/C16H19ClN2O2/c1-19(9-5-8-15(20)21-2)11-13-10-12-6-3-4-7-14(12)18-16(13)17/h3-4,6-7,10H,5,8-9,11H2,1-2H3. The number of hydrogen-bond acceptors (Lipinski definition) is 4. The molecule has 0 atom stereocenters. The molecule has 0 unspecified atom stereocenters. The molecule has 0 fully saturated rings. The molecule has 0 spiro atoms. The van der Waals surface area contributed by atoms with Gasteiger partial charge in [-0.05, 0) is 32.1 Å². The van der Waals surface area contributed by atoms with Gasteiger partial charge < -0.3 is 9.64 Å². The highest BCUT2D eigenvalue weighted by atomic mass is 35.5. The summed E-state index contributed by atoms with van der Waals surface area (Å²) in [6, 6.07) is 9.98. The molecule has 0 saturated heterocycles. The van der Waals surface area contributed by atoms with Crippen LogP contribution in [0.4, 0.5) is 0 Å². The third-order valence-electron chi connectivity index (χ3n) is 3.34. The van der Waals surface area contributed by atoms with Gasteiger partial charge in [-0.3, -0.25) is 4.79 Å². The Morgan fingerprint density at radius 1 is 1.38 bits per heavy atom. The zero-order valence-corrected chi connectivity index (χ0v) is 13.1. The summed E-state index contributed by atoms with van der Waals surface area (Å²) in [7, 11) is 3.41. The Morgan fingerprint density at radius 2 is 2.14 bits per heavy atom. The van der Waals surface area contributed by atoms with Gasteiger partial charge >= 0.3 is 5.97 Å². The van der Waals surface area contributed by atoms with Crippen LogP contribution in [0.1, 0.15) is 18.4 Å². The van der Waals surface area contributed by atoms with E-state index in [-0.39, 0.29) is 5.97 Å². The summed E-state index contributed by atoms with van der Waals surface area (Å²) >= 11 is 6.24. The molecule has 1 aromatic carbocycles. The number of aromatic nitrogens is 1. The van der Waals surface area contributed by atoms with Crippen LogP contribution in [0.5, 0.6) is 0 Å². The second-order valence-electron chi connectivity index (χ2n) is 5.05. The van der Waals surface area contributed by atoms with Gasteiger partial charge in [-0.1, -0.05) is 29.8 Å². The average molecular weight is 307 g/mol. The Bertz CT molecular complexity index is 631. The van der Waals surface area contributed by atoms with Crippen molar-refractivity contribution in [3.05, 3.63) is 41.0 Å². The number of methoxy groups -OCH3 is 1. The highest BCUT2D eigenvalue weighted by molar-refractivity contribution is 6.30. The first-order valence-corrected chi connectivity index (χ1v) is 7.27. The van der Waals surface area contributed by atoms with Crippen LogP contribution in [0.15, 0.2) is 30.3 Å². The molecule has 4 nitrogen and oxygen atoms in total. The number of hydrogen-bond donors (Lipinski definition) is 0. The first-order chi connectivity index (χ1) is 10.1. The van der Waals surface area contributed by atoms with Crippen LogP contribution < -0.4 is 0 Å². The average Bonchev–Trinajstić information content (AvgIpc) is 2.47. The SMILES string of the molecule is COC(=O)CCCN(C)Cc1cc2ccccc2nc1Cl. The Kier molecular flexibility index (Phi) is 5.53. The maximum absolute atomic E-state index is 11.1. The van der Waals surface area contributed by atoms with Gasteiger partial charge in [0.1, 0.15) is 5.15 Å². The number of pyridine rings is 1. The first-order valence-electron chi connectivity index (χ1n) is 6.89. The van der Waals surface area contributed by atoms with E-state index in [0.717, 1.165) is 29.4 Å². The molecule has 5 heteroatoms. The smallest absolute Gasteiger partial charge is 0.305 e. The van der Waals surface area contributed by atoms with E-state index in [2.05, 4.69) is 20.7 Å². The van der Waals surface area contributed by atoms with E-state index in [1.807, 2.05) is 31.3 Å². The van der Waals surface area contributed by atoms with E-state index in [4.69, 9.17) is 11.6 Å². The Balaban J connectivity index is 1.98. The number of rotatable bonds is 6. The van der Waals surface area contributed by atoms with Gasteiger partial charge in [-0.15, -0.1) is 0 Å². The van der Waals surface area contributed by atoms with Crippen molar-refractivity contribution in [1.82, 2.24) is 9.88 Å². The molecule has 112 valence electrons. The van der Waals surface area contributed by atoms with E-state index >= 15 is 0 Å². The van der Waals surface area contributed by atoms with Gasteiger partial charge in [0.05, 0.1) is 12.6 Å². The fraction of sp³-hybridized carbons (Fsp3) is 0.375. The zero-order valence-electron chi connectivity index (χ0n) is 12.3. The Hall–Kier alpha value is -1.65. The van der Waals surface area contributed by atoms with Crippen LogP contribution >= 0.6 is 11.6 Å². The van der Waals surface area contributed by atoms with E-state index < -0.39 is 0 Å². The van der Waals surface area contributed by atoms with Crippen molar-refractivity contribution in [3.63, 3.8) is 0 Å². The Morgan fingerprint density at radius 3 is 2.90 bits per heavy atom. The van der Waals surface area contributed by atoms with E-state index in [9.17, 15) is 4.79 Å². The second kappa shape index (κ2) is 7.38. The largest absolute Gasteiger partial charge is 0.469 e. The highest BCUT2D eigenvalue weighted by Gasteiger charge is 2.08. The number of carbonyl (C=O) groups is 1. The number of para-hydroxylation sites is 1. The third-order valence-corrected chi connectivity index (χ3v) is 3.67. The van der Waals surface area contributed by atoms with Crippen molar-refractivity contribution in [2.45, 2.75) is 19.4 Å². The number of carbonyl (C=O) groups excluding carboxylic acids is 1. The molecule has 0 radical (unpaired) electrons. The Labute approximate surface area is 129 Å². The van der Waals surface area contributed by atoms with Crippen molar-refractivity contribution in [2.75, 3.05) is 20.7 Å². The molecular weight excluding hydrogens is 288 g/mol.